The van der Waals surface area contributed by atoms with Gasteiger partial charge < -0.3 is 11.5 Å². The highest BCUT2D eigenvalue weighted by Crippen LogP contribution is 2.40. The Kier molecular flexibility index (Phi) is 4.13. The molecule has 0 radical (unpaired) electrons. The van der Waals surface area contributed by atoms with Gasteiger partial charge in [-0.05, 0) is 43.0 Å². The van der Waals surface area contributed by atoms with Crippen molar-refractivity contribution in [3.05, 3.63) is 24.3 Å². The Bertz CT molecular complexity index is 609. The van der Waals surface area contributed by atoms with Gasteiger partial charge in [-0.25, -0.2) is 8.42 Å². The lowest BCUT2D eigenvalue weighted by Gasteiger charge is -2.25. The number of carbonyl (C=O) groups excluding carboxylic acids is 1. The summed E-state index contributed by atoms with van der Waals surface area (Å²) in [4.78, 5) is 12.7. The summed E-state index contributed by atoms with van der Waals surface area (Å²) in [5.74, 6) is 0.105. The molecule has 1 fully saturated rings. The van der Waals surface area contributed by atoms with E-state index in [1.54, 1.807) is 24.3 Å². The van der Waals surface area contributed by atoms with Gasteiger partial charge in [-0.3, -0.25) is 4.79 Å². The minimum Gasteiger partial charge on any atom is -0.368 e. The highest BCUT2D eigenvalue weighted by atomic mass is 32.2. The molecule has 1 saturated carbocycles. The summed E-state index contributed by atoms with van der Waals surface area (Å²) in [6.07, 6.45) is 3.04. The van der Waals surface area contributed by atoms with E-state index < -0.39 is 21.3 Å². The van der Waals surface area contributed by atoms with Gasteiger partial charge in [0.2, 0.25) is 5.91 Å². The van der Waals surface area contributed by atoms with Crippen LogP contribution in [0, 0.1) is 5.92 Å². The molecule has 5 nitrogen and oxygen atoms in total. The summed E-state index contributed by atoms with van der Waals surface area (Å²) in [5, 5.41) is 0. The fourth-order valence-electron chi connectivity index (χ4n) is 1.97. The smallest absolute Gasteiger partial charge is 0.238 e. The lowest BCUT2D eigenvalue weighted by Crippen LogP contribution is -2.56. The molecule has 0 aromatic heterocycles. The van der Waals surface area contributed by atoms with Gasteiger partial charge in [0.15, 0.2) is 9.84 Å². The van der Waals surface area contributed by atoms with Crippen molar-refractivity contribution in [2.45, 2.75) is 28.2 Å². The van der Waals surface area contributed by atoms with Crippen molar-refractivity contribution in [2.75, 3.05) is 12.0 Å². The highest BCUT2D eigenvalue weighted by Gasteiger charge is 2.46. The average Bonchev–Trinajstić information content (AvgIpc) is 3.19. The van der Waals surface area contributed by atoms with E-state index in [4.69, 9.17) is 11.5 Å². The minimum absolute atomic E-state index is 0.169. The lowest BCUT2D eigenvalue weighted by molar-refractivity contribution is -0.123. The third-order valence-electron chi connectivity index (χ3n) is 3.49. The molecule has 7 heteroatoms. The van der Waals surface area contributed by atoms with E-state index in [0.717, 1.165) is 17.7 Å². The fraction of sp³-hybridized carbons (Fsp3) is 0.462. The van der Waals surface area contributed by atoms with Crippen LogP contribution in [0.15, 0.2) is 34.1 Å². The number of amides is 1. The van der Waals surface area contributed by atoms with Crippen LogP contribution in [0.25, 0.3) is 0 Å². The first-order valence-corrected chi connectivity index (χ1v) is 9.13. The molecule has 0 heterocycles. The Balaban J connectivity index is 2.05. The van der Waals surface area contributed by atoms with Crippen LogP contribution in [0.3, 0.4) is 0 Å². The molecule has 0 saturated heterocycles. The SMILES string of the molecule is CS(=O)(=O)c1ccc(SCC(N)(C(N)=O)C2CC2)cc1. The van der Waals surface area contributed by atoms with Gasteiger partial charge in [0, 0.05) is 16.9 Å². The first-order valence-electron chi connectivity index (χ1n) is 6.25. The minimum atomic E-state index is -3.19. The average molecular weight is 314 g/mol. The maximum atomic E-state index is 11.5. The number of hydrogen-bond acceptors (Lipinski definition) is 5. The molecule has 1 unspecified atom stereocenters. The van der Waals surface area contributed by atoms with E-state index in [-0.39, 0.29) is 10.8 Å². The van der Waals surface area contributed by atoms with Crippen molar-refractivity contribution in [3.63, 3.8) is 0 Å². The predicted octanol–water partition coefficient (Wildman–Crippen LogP) is 0.775. The van der Waals surface area contributed by atoms with Crippen LogP contribution < -0.4 is 11.5 Å². The van der Waals surface area contributed by atoms with E-state index in [1.165, 1.54) is 18.0 Å². The van der Waals surface area contributed by atoms with Crippen LogP contribution in [0.1, 0.15) is 12.8 Å². The van der Waals surface area contributed by atoms with Gasteiger partial charge >= 0.3 is 0 Å². The Labute approximate surface area is 123 Å². The number of thioether (sulfide) groups is 1. The number of benzene rings is 1. The third kappa shape index (κ3) is 3.34. The van der Waals surface area contributed by atoms with Gasteiger partial charge in [0.25, 0.3) is 0 Å². The zero-order valence-corrected chi connectivity index (χ0v) is 12.8. The summed E-state index contributed by atoms with van der Waals surface area (Å²) in [6.45, 7) is 0. The molecule has 0 spiro atoms. The topological polar surface area (TPSA) is 103 Å². The summed E-state index contributed by atoms with van der Waals surface area (Å²) >= 11 is 1.42. The fourth-order valence-corrected chi connectivity index (χ4v) is 3.72. The molecule has 2 rings (SSSR count). The zero-order valence-electron chi connectivity index (χ0n) is 11.2. The number of rotatable bonds is 6. The van der Waals surface area contributed by atoms with Gasteiger partial charge in [-0.2, -0.15) is 0 Å². The zero-order chi connectivity index (χ0) is 15.0. The summed E-state index contributed by atoms with van der Waals surface area (Å²) < 4.78 is 22.7. The second-order valence-electron chi connectivity index (χ2n) is 5.21. The van der Waals surface area contributed by atoms with Gasteiger partial charge in [0.05, 0.1) is 4.90 Å². The molecule has 4 N–H and O–H groups in total. The van der Waals surface area contributed by atoms with Crippen LogP contribution >= 0.6 is 11.8 Å². The lowest BCUT2D eigenvalue weighted by atomic mass is 9.96. The molecule has 110 valence electrons. The summed E-state index contributed by atoms with van der Waals surface area (Å²) in [6, 6.07) is 6.54. The maximum absolute atomic E-state index is 11.5. The molecular formula is C13H18N2O3S2. The first kappa shape index (κ1) is 15.3. The summed E-state index contributed by atoms with van der Waals surface area (Å²) in [7, 11) is -3.19. The number of primary amides is 1. The van der Waals surface area contributed by atoms with Crippen molar-refractivity contribution >= 4 is 27.5 Å². The second-order valence-corrected chi connectivity index (χ2v) is 8.28. The third-order valence-corrected chi connectivity index (χ3v) is 5.85. The molecule has 1 aliphatic carbocycles. The van der Waals surface area contributed by atoms with Crippen LogP contribution in [0.2, 0.25) is 0 Å². The first-order chi connectivity index (χ1) is 9.23. The van der Waals surface area contributed by atoms with Crippen molar-refractivity contribution in [1.29, 1.82) is 0 Å². The Hall–Kier alpha value is -1.05. The molecular weight excluding hydrogens is 296 g/mol. The van der Waals surface area contributed by atoms with E-state index in [1.807, 2.05) is 0 Å². The molecule has 1 aliphatic rings. The number of hydrogen-bond donors (Lipinski definition) is 2. The number of sulfone groups is 1. The monoisotopic (exact) mass is 314 g/mol. The Morgan fingerprint density at radius 2 is 1.90 bits per heavy atom. The largest absolute Gasteiger partial charge is 0.368 e. The Morgan fingerprint density at radius 1 is 1.35 bits per heavy atom. The van der Waals surface area contributed by atoms with Crippen molar-refractivity contribution in [3.8, 4) is 0 Å². The van der Waals surface area contributed by atoms with Crippen LogP contribution in [-0.4, -0.2) is 31.9 Å². The predicted molar refractivity (Wildman–Crippen MR) is 79.1 cm³/mol. The van der Waals surface area contributed by atoms with E-state index >= 15 is 0 Å². The number of nitrogens with two attached hydrogens (primary N) is 2. The van der Waals surface area contributed by atoms with E-state index in [2.05, 4.69) is 0 Å². The van der Waals surface area contributed by atoms with Crippen molar-refractivity contribution in [2.24, 2.45) is 17.4 Å². The van der Waals surface area contributed by atoms with Crippen LogP contribution in [0.4, 0.5) is 0 Å². The molecule has 1 aromatic rings. The van der Waals surface area contributed by atoms with Gasteiger partial charge in [-0.1, -0.05) is 0 Å². The molecule has 1 atom stereocenters. The normalized spacial score (nSPS) is 18.5. The van der Waals surface area contributed by atoms with Gasteiger partial charge in [0.1, 0.15) is 5.54 Å². The number of carbonyl (C=O) groups is 1. The summed E-state index contributed by atoms with van der Waals surface area (Å²) in [5.41, 5.74) is 10.5. The molecule has 0 aliphatic heterocycles. The van der Waals surface area contributed by atoms with E-state index in [9.17, 15) is 13.2 Å². The van der Waals surface area contributed by atoms with Crippen molar-refractivity contribution < 1.29 is 13.2 Å². The maximum Gasteiger partial charge on any atom is 0.238 e. The molecule has 1 aromatic carbocycles. The molecule has 0 bridgehead atoms. The molecule has 20 heavy (non-hydrogen) atoms. The molecule has 1 amide bonds. The van der Waals surface area contributed by atoms with Crippen LogP contribution in [-0.2, 0) is 14.6 Å². The van der Waals surface area contributed by atoms with E-state index in [0.29, 0.717) is 5.75 Å². The Morgan fingerprint density at radius 3 is 2.30 bits per heavy atom. The quantitative estimate of drug-likeness (QED) is 0.755. The van der Waals surface area contributed by atoms with Crippen LogP contribution in [0.5, 0.6) is 0 Å². The standard InChI is InChI=1S/C13H18N2O3S2/c1-20(17,18)11-6-4-10(5-7-11)19-8-13(15,12(14)16)9-2-3-9/h4-7,9H,2-3,8,15H2,1H3,(H2,14,16). The highest BCUT2D eigenvalue weighted by molar-refractivity contribution is 7.99. The second kappa shape index (κ2) is 5.38. The van der Waals surface area contributed by atoms with Crippen molar-refractivity contribution in [1.82, 2.24) is 0 Å². The van der Waals surface area contributed by atoms with Gasteiger partial charge in [-0.15, -0.1) is 11.8 Å².